The fourth-order valence-electron chi connectivity index (χ4n) is 1.59. The Bertz CT molecular complexity index is 366. The number of hydrogen-bond acceptors (Lipinski definition) is 3. The van der Waals surface area contributed by atoms with Crippen LogP contribution in [0.5, 0.6) is 5.75 Å². The number of nitrogens with zero attached hydrogens (tertiary/aromatic N) is 1. The number of halogens is 2. The fourth-order valence-corrected chi connectivity index (χ4v) is 1.99. The first-order valence-corrected chi connectivity index (χ1v) is 6.33. The van der Waals surface area contributed by atoms with Crippen molar-refractivity contribution < 1.29 is 9.53 Å². The summed E-state index contributed by atoms with van der Waals surface area (Å²) in [5.74, 6) is 1.68. The number of rotatable bonds is 7. The van der Waals surface area contributed by atoms with Gasteiger partial charge in [-0.3, -0.25) is 4.79 Å². The highest BCUT2D eigenvalue weighted by atomic mass is 35.5. The van der Waals surface area contributed by atoms with Crippen LogP contribution < -0.4 is 9.64 Å². The molecule has 0 unspecified atom stereocenters. The van der Waals surface area contributed by atoms with Gasteiger partial charge in [0.2, 0.25) is 0 Å². The standard InChI is InChI=1S/C12H15Cl2NO2/c1-17-12-8-10(9-16)2-3-11(12)15(6-4-13)7-5-14/h2-3,8-9H,4-7H2,1H3. The first-order valence-electron chi connectivity index (χ1n) is 5.27. The van der Waals surface area contributed by atoms with Crippen LogP contribution in [0.25, 0.3) is 0 Å². The van der Waals surface area contributed by atoms with E-state index in [-0.39, 0.29) is 0 Å². The van der Waals surface area contributed by atoms with Gasteiger partial charge in [-0.2, -0.15) is 0 Å². The lowest BCUT2D eigenvalue weighted by molar-refractivity contribution is 0.112. The van der Waals surface area contributed by atoms with E-state index in [2.05, 4.69) is 0 Å². The number of benzene rings is 1. The highest BCUT2D eigenvalue weighted by Crippen LogP contribution is 2.28. The third kappa shape index (κ3) is 3.79. The molecule has 1 rings (SSSR count). The van der Waals surface area contributed by atoms with E-state index in [0.29, 0.717) is 36.2 Å². The highest BCUT2D eigenvalue weighted by molar-refractivity contribution is 6.18. The third-order valence-corrected chi connectivity index (χ3v) is 2.73. The molecule has 0 radical (unpaired) electrons. The molecule has 0 spiro atoms. The van der Waals surface area contributed by atoms with Crippen molar-refractivity contribution in [1.29, 1.82) is 0 Å². The minimum atomic E-state index is 0.509. The number of alkyl halides is 2. The summed E-state index contributed by atoms with van der Waals surface area (Å²) in [5, 5.41) is 0. The maximum absolute atomic E-state index is 10.7. The van der Waals surface area contributed by atoms with Gasteiger partial charge in [-0.25, -0.2) is 0 Å². The average Bonchev–Trinajstić information content (AvgIpc) is 2.37. The Labute approximate surface area is 111 Å². The third-order valence-electron chi connectivity index (χ3n) is 2.39. The van der Waals surface area contributed by atoms with E-state index in [0.717, 1.165) is 12.0 Å². The molecule has 0 N–H and O–H groups in total. The summed E-state index contributed by atoms with van der Waals surface area (Å²) < 4.78 is 5.27. The van der Waals surface area contributed by atoms with Crippen molar-refractivity contribution in [3.05, 3.63) is 23.8 Å². The number of anilines is 1. The molecule has 0 atom stereocenters. The van der Waals surface area contributed by atoms with Crippen molar-refractivity contribution in [1.82, 2.24) is 0 Å². The Hall–Kier alpha value is -0.930. The second kappa shape index (κ2) is 7.41. The summed E-state index contributed by atoms with van der Waals surface area (Å²) in [6.07, 6.45) is 0.791. The van der Waals surface area contributed by atoms with Crippen molar-refractivity contribution in [2.75, 3.05) is 36.9 Å². The van der Waals surface area contributed by atoms with Gasteiger partial charge in [-0.1, -0.05) is 0 Å². The first kappa shape index (κ1) is 14.1. The summed E-state index contributed by atoms with van der Waals surface area (Å²) in [6.45, 7) is 1.37. The largest absolute Gasteiger partial charge is 0.495 e. The number of aldehydes is 1. The van der Waals surface area contributed by atoms with Crippen LogP contribution in [0.2, 0.25) is 0 Å². The summed E-state index contributed by atoms with van der Waals surface area (Å²) >= 11 is 11.5. The lowest BCUT2D eigenvalue weighted by atomic mass is 10.2. The van der Waals surface area contributed by atoms with Gasteiger partial charge in [0.05, 0.1) is 12.8 Å². The summed E-state index contributed by atoms with van der Waals surface area (Å²) in [5.41, 5.74) is 1.49. The van der Waals surface area contributed by atoms with Crippen LogP contribution in [-0.4, -0.2) is 38.2 Å². The molecule has 0 aliphatic heterocycles. The zero-order chi connectivity index (χ0) is 12.7. The molecule has 0 aliphatic carbocycles. The molecular weight excluding hydrogens is 261 g/mol. The van der Waals surface area contributed by atoms with Gasteiger partial charge in [0.25, 0.3) is 0 Å². The smallest absolute Gasteiger partial charge is 0.150 e. The van der Waals surface area contributed by atoms with Crippen molar-refractivity contribution in [3.63, 3.8) is 0 Å². The molecule has 0 aromatic heterocycles. The quantitative estimate of drug-likeness (QED) is 0.566. The predicted molar refractivity (Wildman–Crippen MR) is 72.0 cm³/mol. The molecule has 0 fully saturated rings. The Morgan fingerprint density at radius 3 is 2.41 bits per heavy atom. The maximum Gasteiger partial charge on any atom is 0.150 e. The maximum atomic E-state index is 10.7. The van der Waals surface area contributed by atoms with Crippen LogP contribution in [0, 0.1) is 0 Å². The molecule has 5 heteroatoms. The zero-order valence-corrected chi connectivity index (χ0v) is 11.2. The van der Waals surface area contributed by atoms with E-state index >= 15 is 0 Å². The second-order valence-corrected chi connectivity index (χ2v) is 4.17. The van der Waals surface area contributed by atoms with E-state index in [4.69, 9.17) is 27.9 Å². The van der Waals surface area contributed by atoms with Crippen molar-refractivity contribution >= 4 is 35.2 Å². The molecule has 0 saturated carbocycles. The minimum Gasteiger partial charge on any atom is -0.495 e. The Kier molecular flexibility index (Phi) is 6.16. The van der Waals surface area contributed by atoms with Crippen molar-refractivity contribution in [3.8, 4) is 5.75 Å². The molecule has 17 heavy (non-hydrogen) atoms. The molecule has 3 nitrogen and oxygen atoms in total. The van der Waals surface area contributed by atoms with Crippen LogP contribution in [0.3, 0.4) is 0 Å². The average molecular weight is 276 g/mol. The number of ether oxygens (including phenoxy) is 1. The van der Waals surface area contributed by atoms with Gasteiger partial charge < -0.3 is 9.64 Å². The molecule has 0 heterocycles. The van der Waals surface area contributed by atoms with Crippen LogP contribution in [0.4, 0.5) is 5.69 Å². The van der Waals surface area contributed by atoms with E-state index in [9.17, 15) is 4.79 Å². The van der Waals surface area contributed by atoms with Gasteiger partial charge in [-0.05, 0) is 18.2 Å². The van der Waals surface area contributed by atoms with E-state index in [1.165, 1.54) is 0 Å². The van der Waals surface area contributed by atoms with Gasteiger partial charge in [-0.15, -0.1) is 23.2 Å². The molecule has 0 amide bonds. The van der Waals surface area contributed by atoms with Gasteiger partial charge in [0, 0.05) is 30.4 Å². The fraction of sp³-hybridized carbons (Fsp3) is 0.417. The van der Waals surface area contributed by atoms with Gasteiger partial charge in [0.1, 0.15) is 12.0 Å². The lowest BCUT2D eigenvalue weighted by Gasteiger charge is -2.24. The molecular formula is C12H15Cl2NO2. The Balaban J connectivity index is 3.03. The number of carbonyl (C=O) groups excluding carboxylic acids is 1. The topological polar surface area (TPSA) is 29.5 Å². The summed E-state index contributed by atoms with van der Waals surface area (Å²) in [4.78, 5) is 12.7. The number of carbonyl (C=O) groups is 1. The van der Waals surface area contributed by atoms with Crippen LogP contribution in [0.15, 0.2) is 18.2 Å². The van der Waals surface area contributed by atoms with E-state index < -0.39 is 0 Å². The molecule has 1 aromatic carbocycles. The van der Waals surface area contributed by atoms with Crippen LogP contribution in [-0.2, 0) is 0 Å². The lowest BCUT2D eigenvalue weighted by Crippen LogP contribution is -2.28. The molecule has 0 saturated heterocycles. The minimum absolute atomic E-state index is 0.509. The summed E-state index contributed by atoms with van der Waals surface area (Å²) in [7, 11) is 1.58. The predicted octanol–water partition coefficient (Wildman–Crippen LogP) is 2.79. The highest BCUT2D eigenvalue weighted by Gasteiger charge is 2.11. The number of hydrogen-bond donors (Lipinski definition) is 0. The monoisotopic (exact) mass is 275 g/mol. The van der Waals surface area contributed by atoms with Crippen molar-refractivity contribution in [2.24, 2.45) is 0 Å². The molecule has 0 bridgehead atoms. The Morgan fingerprint density at radius 1 is 1.29 bits per heavy atom. The zero-order valence-electron chi connectivity index (χ0n) is 9.66. The van der Waals surface area contributed by atoms with Crippen LogP contribution >= 0.6 is 23.2 Å². The normalized spacial score (nSPS) is 10.1. The van der Waals surface area contributed by atoms with Gasteiger partial charge >= 0.3 is 0 Å². The van der Waals surface area contributed by atoms with E-state index in [1.54, 1.807) is 19.2 Å². The number of methoxy groups -OCH3 is 1. The second-order valence-electron chi connectivity index (χ2n) is 3.41. The molecule has 94 valence electrons. The van der Waals surface area contributed by atoms with Crippen molar-refractivity contribution in [2.45, 2.75) is 0 Å². The van der Waals surface area contributed by atoms with E-state index in [1.807, 2.05) is 11.0 Å². The van der Waals surface area contributed by atoms with Crippen LogP contribution in [0.1, 0.15) is 10.4 Å². The first-order chi connectivity index (χ1) is 8.26. The SMILES string of the molecule is COc1cc(C=O)ccc1N(CCCl)CCCl. The Morgan fingerprint density at radius 2 is 1.94 bits per heavy atom. The van der Waals surface area contributed by atoms with Gasteiger partial charge in [0.15, 0.2) is 0 Å². The molecule has 0 aliphatic rings. The molecule has 1 aromatic rings. The summed E-state index contributed by atoms with van der Waals surface area (Å²) in [6, 6.07) is 5.31.